The Hall–Kier alpha value is -2.73. The molecule has 22 heavy (non-hydrogen) atoms. The van der Waals surface area contributed by atoms with Crippen LogP contribution in [-0.4, -0.2) is 19.8 Å². The normalized spacial score (nSPS) is 11.1. The van der Waals surface area contributed by atoms with Crippen LogP contribution in [0.1, 0.15) is 5.56 Å². The number of nitrogens with zero attached hydrogens (tertiary/aromatic N) is 4. The summed E-state index contributed by atoms with van der Waals surface area (Å²) < 4.78 is 1.80. The lowest BCUT2D eigenvalue weighted by Gasteiger charge is -2.01. The highest BCUT2D eigenvalue weighted by molar-refractivity contribution is 7.19. The van der Waals surface area contributed by atoms with E-state index in [1.807, 2.05) is 42.5 Å². The number of aromatic nitrogens is 4. The van der Waals surface area contributed by atoms with Gasteiger partial charge in [0.15, 0.2) is 5.82 Å². The van der Waals surface area contributed by atoms with E-state index in [0.29, 0.717) is 0 Å². The van der Waals surface area contributed by atoms with Gasteiger partial charge in [0, 0.05) is 16.8 Å². The molecule has 108 valence electrons. The van der Waals surface area contributed by atoms with Crippen molar-refractivity contribution in [2.45, 2.75) is 6.92 Å². The van der Waals surface area contributed by atoms with E-state index >= 15 is 0 Å². The van der Waals surface area contributed by atoms with E-state index in [1.54, 1.807) is 4.52 Å². The molecule has 4 aromatic rings. The molecule has 0 aliphatic heterocycles. The molecule has 0 radical (unpaired) electrons. The van der Waals surface area contributed by atoms with Crippen molar-refractivity contribution < 1.29 is 0 Å². The van der Waals surface area contributed by atoms with Crippen LogP contribution in [0.2, 0.25) is 0 Å². The minimum Gasteiger partial charge on any atom is -0.399 e. The summed E-state index contributed by atoms with van der Waals surface area (Å²) in [6, 6.07) is 15.8. The Morgan fingerprint density at radius 2 is 1.77 bits per heavy atom. The molecule has 0 spiro atoms. The first-order valence-corrected chi connectivity index (χ1v) is 7.68. The van der Waals surface area contributed by atoms with Crippen LogP contribution in [0.25, 0.3) is 26.9 Å². The van der Waals surface area contributed by atoms with Crippen LogP contribution in [0.4, 0.5) is 5.69 Å². The van der Waals surface area contributed by atoms with Crippen molar-refractivity contribution in [2.75, 3.05) is 5.73 Å². The van der Waals surface area contributed by atoms with E-state index in [9.17, 15) is 0 Å². The number of rotatable bonds is 2. The van der Waals surface area contributed by atoms with Gasteiger partial charge in [0.1, 0.15) is 5.01 Å². The van der Waals surface area contributed by atoms with Gasteiger partial charge in [-0.05, 0) is 36.8 Å². The third kappa shape index (κ3) is 2.05. The lowest BCUT2D eigenvalue weighted by atomic mass is 10.1. The minimum absolute atomic E-state index is 0.743. The Labute approximate surface area is 131 Å². The fourth-order valence-corrected chi connectivity index (χ4v) is 3.20. The standard InChI is InChI=1S/C16H13N5S/c1-10-4-2-3-5-13(10)14-18-19-16-21(14)20-15(22-16)11-6-8-12(17)9-7-11/h2-9H,17H2,1H3. The van der Waals surface area contributed by atoms with Gasteiger partial charge in [0.2, 0.25) is 4.96 Å². The fraction of sp³-hybridized carbons (Fsp3) is 0.0625. The molecular formula is C16H13N5S. The van der Waals surface area contributed by atoms with Crippen LogP contribution in [0.3, 0.4) is 0 Å². The highest BCUT2D eigenvalue weighted by Crippen LogP contribution is 2.29. The Bertz CT molecular complexity index is 952. The highest BCUT2D eigenvalue weighted by Gasteiger charge is 2.15. The molecule has 0 aliphatic carbocycles. The molecule has 2 N–H and O–H groups in total. The summed E-state index contributed by atoms with van der Waals surface area (Å²) in [7, 11) is 0. The SMILES string of the molecule is Cc1ccccc1-c1nnc2sc(-c3ccc(N)cc3)nn12. The second-order valence-electron chi connectivity index (χ2n) is 5.06. The van der Waals surface area contributed by atoms with Gasteiger partial charge in [0.25, 0.3) is 0 Å². The molecule has 2 aromatic heterocycles. The molecule has 0 amide bonds. The summed E-state index contributed by atoms with van der Waals surface area (Å²) in [5.41, 5.74) is 9.70. The van der Waals surface area contributed by atoms with Gasteiger partial charge in [0.05, 0.1) is 0 Å². The Kier molecular flexibility index (Phi) is 2.90. The fourth-order valence-electron chi connectivity index (χ4n) is 2.35. The smallest absolute Gasteiger partial charge is 0.235 e. The summed E-state index contributed by atoms with van der Waals surface area (Å²) in [5.74, 6) is 0.769. The molecule has 4 rings (SSSR count). The Morgan fingerprint density at radius 3 is 2.55 bits per heavy atom. The van der Waals surface area contributed by atoms with Crippen LogP contribution in [0, 0.1) is 6.92 Å². The molecule has 0 atom stereocenters. The number of hydrogen-bond acceptors (Lipinski definition) is 5. The molecule has 0 saturated heterocycles. The molecular weight excluding hydrogens is 294 g/mol. The number of aryl methyl sites for hydroxylation is 1. The van der Waals surface area contributed by atoms with Crippen molar-refractivity contribution in [3.8, 4) is 22.0 Å². The Morgan fingerprint density at radius 1 is 1.00 bits per heavy atom. The van der Waals surface area contributed by atoms with Gasteiger partial charge in [-0.3, -0.25) is 0 Å². The van der Waals surface area contributed by atoms with Crippen LogP contribution in [0.15, 0.2) is 48.5 Å². The van der Waals surface area contributed by atoms with Crippen molar-refractivity contribution in [1.82, 2.24) is 19.8 Å². The topological polar surface area (TPSA) is 69.1 Å². The maximum absolute atomic E-state index is 5.73. The number of anilines is 1. The lowest BCUT2D eigenvalue weighted by Crippen LogP contribution is -1.93. The number of nitrogen functional groups attached to an aromatic ring is 1. The van der Waals surface area contributed by atoms with Crippen LogP contribution < -0.4 is 5.73 Å². The number of hydrogen-bond donors (Lipinski definition) is 1. The van der Waals surface area contributed by atoms with Gasteiger partial charge in [-0.25, -0.2) is 0 Å². The number of benzene rings is 2. The molecule has 0 fully saturated rings. The molecule has 0 aliphatic rings. The average Bonchev–Trinajstić information content (AvgIpc) is 3.09. The summed E-state index contributed by atoms with van der Waals surface area (Å²) in [5, 5.41) is 14.1. The van der Waals surface area contributed by atoms with E-state index in [1.165, 1.54) is 11.3 Å². The summed E-state index contributed by atoms with van der Waals surface area (Å²) in [6.45, 7) is 2.06. The van der Waals surface area contributed by atoms with E-state index < -0.39 is 0 Å². The largest absolute Gasteiger partial charge is 0.399 e. The van der Waals surface area contributed by atoms with E-state index in [-0.39, 0.29) is 0 Å². The second kappa shape index (κ2) is 4.92. The van der Waals surface area contributed by atoms with E-state index in [0.717, 1.165) is 38.2 Å². The van der Waals surface area contributed by atoms with Gasteiger partial charge in [-0.2, -0.15) is 9.61 Å². The average molecular weight is 307 g/mol. The van der Waals surface area contributed by atoms with Crippen molar-refractivity contribution in [3.05, 3.63) is 54.1 Å². The second-order valence-corrected chi connectivity index (χ2v) is 6.02. The monoisotopic (exact) mass is 307 g/mol. The molecule has 0 bridgehead atoms. The third-order valence-corrected chi connectivity index (χ3v) is 4.48. The van der Waals surface area contributed by atoms with Crippen molar-refractivity contribution in [2.24, 2.45) is 0 Å². The molecule has 5 nitrogen and oxygen atoms in total. The predicted octanol–water partition coefficient (Wildman–Crippen LogP) is 3.41. The Balaban J connectivity index is 1.86. The molecule has 0 saturated carbocycles. The van der Waals surface area contributed by atoms with E-state index in [2.05, 4.69) is 28.3 Å². The zero-order valence-corrected chi connectivity index (χ0v) is 12.7. The first kappa shape index (κ1) is 13.0. The number of nitrogens with two attached hydrogens (primary N) is 1. The minimum atomic E-state index is 0.743. The number of fused-ring (bicyclic) bond motifs is 1. The maximum Gasteiger partial charge on any atom is 0.235 e. The first-order valence-electron chi connectivity index (χ1n) is 6.86. The summed E-state index contributed by atoms with van der Waals surface area (Å²) in [4.78, 5) is 0.782. The quantitative estimate of drug-likeness (QED) is 0.576. The van der Waals surface area contributed by atoms with Gasteiger partial charge < -0.3 is 5.73 Å². The molecule has 2 heterocycles. The zero-order chi connectivity index (χ0) is 15.1. The predicted molar refractivity (Wildman–Crippen MR) is 88.7 cm³/mol. The van der Waals surface area contributed by atoms with Crippen molar-refractivity contribution >= 4 is 22.0 Å². The van der Waals surface area contributed by atoms with Gasteiger partial charge in [-0.15, -0.1) is 10.2 Å². The van der Waals surface area contributed by atoms with Gasteiger partial charge in [-0.1, -0.05) is 35.6 Å². The van der Waals surface area contributed by atoms with Crippen LogP contribution in [-0.2, 0) is 0 Å². The maximum atomic E-state index is 5.73. The van der Waals surface area contributed by atoms with Gasteiger partial charge >= 0.3 is 0 Å². The van der Waals surface area contributed by atoms with Crippen LogP contribution in [0.5, 0.6) is 0 Å². The van der Waals surface area contributed by atoms with Crippen molar-refractivity contribution in [3.63, 3.8) is 0 Å². The highest BCUT2D eigenvalue weighted by atomic mass is 32.1. The first-order chi connectivity index (χ1) is 10.7. The van der Waals surface area contributed by atoms with Crippen molar-refractivity contribution in [1.29, 1.82) is 0 Å². The lowest BCUT2D eigenvalue weighted by molar-refractivity contribution is 0.969. The summed E-state index contributed by atoms with van der Waals surface area (Å²) >= 11 is 1.52. The van der Waals surface area contributed by atoms with E-state index in [4.69, 9.17) is 5.73 Å². The summed E-state index contributed by atoms with van der Waals surface area (Å²) in [6.07, 6.45) is 0. The zero-order valence-electron chi connectivity index (χ0n) is 11.9. The molecule has 0 unspecified atom stereocenters. The molecule has 2 aromatic carbocycles. The van der Waals surface area contributed by atoms with Crippen LogP contribution >= 0.6 is 11.3 Å². The third-order valence-electron chi connectivity index (χ3n) is 3.53. The molecule has 6 heteroatoms.